The third kappa shape index (κ3) is 4.63. The van der Waals surface area contributed by atoms with Crippen LogP contribution in [0.25, 0.3) is 0 Å². The second kappa shape index (κ2) is 8.48. The lowest BCUT2D eigenvalue weighted by Gasteiger charge is -2.36. The number of amides is 1. The molecule has 1 amide bonds. The Kier molecular flexibility index (Phi) is 6.06. The predicted octanol–water partition coefficient (Wildman–Crippen LogP) is 3.56. The molecule has 0 spiro atoms. The summed E-state index contributed by atoms with van der Waals surface area (Å²) in [5, 5.41) is 3.77. The van der Waals surface area contributed by atoms with Gasteiger partial charge in [0.1, 0.15) is 11.6 Å². The third-order valence-electron chi connectivity index (χ3n) is 4.73. The Bertz CT molecular complexity index is 806. The van der Waals surface area contributed by atoms with E-state index in [1.165, 1.54) is 12.1 Å². The van der Waals surface area contributed by atoms with Crippen molar-refractivity contribution in [2.45, 2.75) is 6.92 Å². The summed E-state index contributed by atoms with van der Waals surface area (Å²) in [6, 6.07) is 10.1. The maximum Gasteiger partial charge on any atom is 0.241 e. The second-order valence-electron chi connectivity index (χ2n) is 6.50. The van der Waals surface area contributed by atoms with E-state index in [1.807, 2.05) is 17.9 Å². The highest BCUT2D eigenvalue weighted by atomic mass is 35.5. The topological polar surface area (TPSA) is 44.8 Å². The zero-order valence-electron chi connectivity index (χ0n) is 15.5. The van der Waals surface area contributed by atoms with Crippen molar-refractivity contribution in [3.05, 3.63) is 52.8 Å². The molecule has 144 valence electrons. The van der Waals surface area contributed by atoms with Gasteiger partial charge in [-0.2, -0.15) is 0 Å². The van der Waals surface area contributed by atoms with Crippen LogP contribution in [0.1, 0.15) is 5.56 Å². The summed E-state index contributed by atoms with van der Waals surface area (Å²) in [7, 11) is 1.57. The molecule has 2 aromatic rings. The first-order chi connectivity index (χ1) is 13.0. The first kappa shape index (κ1) is 19.3. The van der Waals surface area contributed by atoms with E-state index in [1.54, 1.807) is 25.3 Å². The van der Waals surface area contributed by atoms with Crippen molar-refractivity contribution in [1.82, 2.24) is 4.90 Å². The molecule has 2 aromatic carbocycles. The van der Waals surface area contributed by atoms with Crippen LogP contribution in [0.15, 0.2) is 36.4 Å². The molecule has 0 unspecified atom stereocenters. The van der Waals surface area contributed by atoms with Crippen molar-refractivity contribution < 1.29 is 13.9 Å². The Balaban J connectivity index is 1.54. The van der Waals surface area contributed by atoms with Crippen molar-refractivity contribution in [2.75, 3.05) is 50.1 Å². The van der Waals surface area contributed by atoms with E-state index in [-0.39, 0.29) is 18.3 Å². The molecule has 0 bridgehead atoms. The summed E-state index contributed by atoms with van der Waals surface area (Å²) in [6.45, 7) is 4.81. The van der Waals surface area contributed by atoms with Gasteiger partial charge in [0.2, 0.25) is 5.91 Å². The Morgan fingerprint density at radius 2 is 1.85 bits per heavy atom. The zero-order valence-corrected chi connectivity index (χ0v) is 16.2. The Morgan fingerprint density at radius 3 is 2.48 bits per heavy atom. The number of benzene rings is 2. The maximum absolute atomic E-state index is 13.1. The molecule has 1 saturated heterocycles. The smallest absolute Gasteiger partial charge is 0.241 e. The summed E-state index contributed by atoms with van der Waals surface area (Å²) in [4.78, 5) is 16.5. The van der Waals surface area contributed by atoms with Crippen LogP contribution in [0.5, 0.6) is 5.75 Å². The average Bonchev–Trinajstić information content (AvgIpc) is 2.69. The summed E-state index contributed by atoms with van der Waals surface area (Å²) in [5.74, 6) is 0.398. The number of hydrogen-bond acceptors (Lipinski definition) is 4. The first-order valence-corrected chi connectivity index (χ1v) is 9.22. The molecule has 0 aliphatic carbocycles. The van der Waals surface area contributed by atoms with Crippen molar-refractivity contribution >= 4 is 28.9 Å². The molecule has 1 aliphatic rings. The minimum Gasteiger partial charge on any atom is -0.495 e. The fraction of sp³-hybridized carbons (Fsp3) is 0.350. The first-order valence-electron chi connectivity index (χ1n) is 8.84. The predicted molar refractivity (Wildman–Crippen MR) is 106 cm³/mol. The molecule has 1 N–H and O–H groups in total. The second-order valence-corrected chi connectivity index (χ2v) is 6.91. The SMILES string of the molecule is COc1cc(Cl)c(C)cc1NCC(=O)N1CCN(c2ccc(F)cc2)CC1. The van der Waals surface area contributed by atoms with Crippen LogP contribution in [0, 0.1) is 12.7 Å². The highest BCUT2D eigenvalue weighted by Crippen LogP contribution is 2.30. The number of carbonyl (C=O) groups is 1. The van der Waals surface area contributed by atoms with Gasteiger partial charge in [-0.1, -0.05) is 11.6 Å². The van der Waals surface area contributed by atoms with Gasteiger partial charge in [0, 0.05) is 43.0 Å². The minimum absolute atomic E-state index is 0.0309. The number of nitrogens with zero attached hydrogens (tertiary/aromatic N) is 2. The summed E-state index contributed by atoms with van der Waals surface area (Å²) >= 11 is 6.11. The molecular weight excluding hydrogens is 369 g/mol. The van der Waals surface area contributed by atoms with E-state index in [0.717, 1.165) is 30.0 Å². The van der Waals surface area contributed by atoms with E-state index >= 15 is 0 Å². The molecule has 0 saturated carbocycles. The molecule has 0 atom stereocenters. The van der Waals surface area contributed by atoms with Crippen molar-refractivity contribution in [2.24, 2.45) is 0 Å². The van der Waals surface area contributed by atoms with E-state index in [9.17, 15) is 9.18 Å². The molecular formula is C20H23ClFN3O2. The van der Waals surface area contributed by atoms with Gasteiger partial charge >= 0.3 is 0 Å². The molecule has 1 fully saturated rings. The lowest BCUT2D eigenvalue weighted by molar-refractivity contribution is -0.129. The van der Waals surface area contributed by atoms with Crippen LogP contribution in [-0.2, 0) is 4.79 Å². The number of anilines is 2. The van der Waals surface area contributed by atoms with E-state index in [0.29, 0.717) is 23.9 Å². The molecule has 1 heterocycles. The van der Waals surface area contributed by atoms with Crippen LogP contribution in [0.3, 0.4) is 0 Å². The van der Waals surface area contributed by atoms with E-state index < -0.39 is 0 Å². The summed E-state index contributed by atoms with van der Waals surface area (Å²) in [6.07, 6.45) is 0. The van der Waals surface area contributed by atoms with Crippen LogP contribution in [0.4, 0.5) is 15.8 Å². The summed E-state index contributed by atoms with van der Waals surface area (Å²) in [5.41, 5.74) is 2.64. The van der Waals surface area contributed by atoms with Gasteiger partial charge in [-0.15, -0.1) is 0 Å². The largest absolute Gasteiger partial charge is 0.495 e. The maximum atomic E-state index is 13.1. The van der Waals surface area contributed by atoms with Crippen LogP contribution in [0.2, 0.25) is 5.02 Å². The fourth-order valence-electron chi connectivity index (χ4n) is 3.12. The van der Waals surface area contributed by atoms with Crippen molar-refractivity contribution in [3.63, 3.8) is 0 Å². The van der Waals surface area contributed by atoms with Crippen molar-refractivity contribution in [1.29, 1.82) is 0 Å². The normalized spacial score (nSPS) is 14.2. The highest BCUT2D eigenvalue weighted by molar-refractivity contribution is 6.31. The number of aryl methyl sites for hydroxylation is 1. The van der Waals surface area contributed by atoms with Gasteiger partial charge in [0.15, 0.2) is 0 Å². The number of carbonyl (C=O) groups excluding carboxylic acids is 1. The van der Waals surface area contributed by atoms with Crippen LogP contribution >= 0.6 is 11.6 Å². The average molecular weight is 392 g/mol. The minimum atomic E-state index is -0.244. The highest BCUT2D eigenvalue weighted by Gasteiger charge is 2.21. The lowest BCUT2D eigenvalue weighted by Crippen LogP contribution is -2.50. The van der Waals surface area contributed by atoms with Crippen LogP contribution < -0.4 is 15.0 Å². The Morgan fingerprint density at radius 1 is 1.19 bits per heavy atom. The number of halogens is 2. The van der Waals surface area contributed by atoms with E-state index in [4.69, 9.17) is 16.3 Å². The number of nitrogens with one attached hydrogen (secondary N) is 1. The monoisotopic (exact) mass is 391 g/mol. The molecule has 7 heteroatoms. The zero-order chi connectivity index (χ0) is 19.4. The molecule has 0 radical (unpaired) electrons. The van der Waals surface area contributed by atoms with Crippen LogP contribution in [-0.4, -0.2) is 50.6 Å². The molecule has 0 aromatic heterocycles. The number of ether oxygens (including phenoxy) is 1. The molecule has 5 nitrogen and oxygen atoms in total. The summed E-state index contributed by atoms with van der Waals surface area (Å²) < 4.78 is 18.4. The van der Waals surface area contributed by atoms with Gasteiger partial charge in [-0.25, -0.2) is 4.39 Å². The quantitative estimate of drug-likeness (QED) is 0.846. The standard InChI is InChI=1S/C20H23ClFN3O2/c1-14-11-18(19(27-2)12-17(14)21)23-13-20(26)25-9-7-24(8-10-25)16-5-3-15(22)4-6-16/h3-6,11-12,23H,7-10,13H2,1-2H3. The number of methoxy groups -OCH3 is 1. The van der Waals surface area contributed by atoms with Gasteiger partial charge in [-0.05, 0) is 42.8 Å². The molecule has 1 aliphatic heterocycles. The third-order valence-corrected chi connectivity index (χ3v) is 5.14. The van der Waals surface area contributed by atoms with Gasteiger partial charge in [0.25, 0.3) is 0 Å². The molecule has 27 heavy (non-hydrogen) atoms. The Hall–Kier alpha value is -2.47. The number of hydrogen-bond donors (Lipinski definition) is 1. The number of piperazine rings is 1. The molecule has 3 rings (SSSR count). The Labute approximate surface area is 163 Å². The van der Waals surface area contributed by atoms with Gasteiger partial charge < -0.3 is 19.9 Å². The van der Waals surface area contributed by atoms with E-state index in [2.05, 4.69) is 10.2 Å². The fourth-order valence-corrected chi connectivity index (χ4v) is 3.27. The lowest BCUT2D eigenvalue weighted by atomic mass is 10.2. The van der Waals surface area contributed by atoms with Gasteiger partial charge in [-0.3, -0.25) is 4.79 Å². The van der Waals surface area contributed by atoms with Gasteiger partial charge in [0.05, 0.1) is 19.3 Å². The number of rotatable bonds is 5. The van der Waals surface area contributed by atoms with Crippen molar-refractivity contribution in [3.8, 4) is 5.75 Å².